The van der Waals surface area contributed by atoms with Crippen molar-refractivity contribution in [1.82, 2.24) is 14.8 Å². The lowest BCUT2D eigenvalue weighted by Gasteiger charge is -2.34. The van der Waals surface area contributed by atoms with Gasteiger partial charge in [-0.05, 0) is 32.0 Å². The molecular formula is C14H20N4O3. The van der Waals surface area contributed by atoms with E-state index in [-0.39, 0.29) is 29.6 Å². The van der Waals surface area contributed by atoms with E-state index in [2.05, 4.69) is 5.32 Å². The number of carbonyl (C=O) groups excluding carboxylic acids is 2. The van der Waals surface area contributed by atoms with Crippen molar-refractivity contribution in [2.75, 3.05) is 19.6 Å². The number of piperidine rings is 1. The maximum absolute atomic E-state index is 12.6. The Balaban J connectivity index is 2.25. The lowest BCUT2D eigenvalue weighted by molar-refractivity contribution is -0.119. The maximum Gasteiger partial charge on any atom is 0.254 e. The van der Waals surface area contributed by atoms with E-state index in [1.54, 1.807) is 19.3 Å². The van der Waals surface area contributed by atoms with Gasteiger partial charge in [-0.15, -0.1) is 0 Å². The van der Waals surface area contributed by atoms with Gasteiger partial charge in [0.1, 0.15) is 0 Å². The highest BCUT2D eigenvalue weighted by Crippen LogP contribution is 2.15. The molecule has 0 bridgehead atoms. The van der Waals surface area contributed by atoms with Crippen LogP contribution in [-0.4, -0.2) is 47.0 Å². The summed E-state index contributed by atoms with van der Waals surface area (Å²) < 4.78 is 1.39. The van der Waals surface area contributed by atoms with Crippen molar-refractivity contribution < 1.29 is 9.59 Å². The standard InChI is InChI=1S/C14H20N4O3/c1-17-7-4-10(8-13(17)20)14(21)18(9-12(15)19)11-2-5-16-6-3-11/h4,7-8,11,16H,2-3,5-6,9H2,1H3,(H2,15,19). The molecule has 2 heterocycles. The first kappa shape index (κ1) is 15.2. The highest BCUT2D eigenvalue weighted by Gasteiger charge is 2.27. The van der Waals surface area contributed by atoms with E-state index in [1.165, 1.54) is 15.5 Å². The van der Waals surface area contributed by atoms with Crippen molar-refractivity contribution in [2.24, 2.45) is 12.8 Å². The van der Waals surface area contributed by atoms with Gasteiger partial charge in [-0.1, -0.05) is 0 Å². The van der Waals surface area contributed by atoms with Gasteiger partial charge in [-0.2, -0.15) is 0 Å². The van der Waals surface area contributed by atoms with E-state index >= 15 is 0 Å². The van der Waals surface area contributed by atoms with Gasteiger partial charge in [0.25, 0.3) is 11.5 Å². The van der Waals surface area contributed by atoms with Crippen molar-refractivity contribution in [3.63, 3.8) is 0 Å². The summed E-state index contributed by atoms with van der Waals surface area (Å²) in [7, 11) is 1.62. The summed E-state index contributed by atoms with van der Waals surface area (Å²) in [6.45, 7) is 1.46. The number of nitrogens with one attached hydrogen (secondary N) is 1. The number of primary amides is 1. The minimum Gasteiger partial charge on any atom is -0.368 e. The average Bonchev–Trinajstić information content (AvgIpc) is 2.47. The Labute approximate surface area is 122 Å². The summed E-state index contributed by atoms with van der Waals surface area (Å²) in [6, 6.07) is 2.84. The second-order valence-electron chi connectivity index (χ2n) is 5.25. The molecule has 0 atom stereocenters. The first-order valence-corrected chi connectivity index (χ1v) is 6.95. The van der Waals surface area contributed by atoms with Crippen molar-refractivity contribution >= 4 is 11.8 Å². The summed E-state index contributed by atoms with van der Waals surface area (Å²) in [4.78, 5) is 37.0. The summed E-state index contributed by atoms with van der Waals surface area (Å²) in [6.07, 6.45) is 3.08. The van der Waals surface area contributed by atoms with Crippen molar-refractivity contribution in [3.8, 4) is 0 Å². The Morgan fingerprint density at radius 3 is 2.67 bits per heavy atom. The van der Waals surface area contributed by atoms with Gasteiger partial charge in [0, 0.05) is 30.9 Å². The number of carbonyl (C=O) groups is 2. The van der Waals surface area contributed by atoms with Crippen LogP contribution in [0.2, 0.25) is 0 Å². The zero-order chi connectivity index (χ0) is 15.4. The Kier molecular flexibility index (Phi) is 4.74. The molecule has 2 amide bonds. The van der Waals surface area contributed by atoms with Gasteiger partial charge in [0.15, 0.2) is 0 Å². The Hall–Kier alpha value is -2.15. The fourth-order valence-electron chi connectivity index (χ4n) is 2.50. The fourth-order valence-corrected chi connectivity index (χ4v) is 2.50. The number of hydrogen-bond acceptors (Lipinski definition) is 4. The third kappa shape index (κ3) is 3.69. The smallest absolute Gasteiger partial charge is 0.254 e. The lowest BCUT2D eigenvalue weighted by atomic mass is 10.0. The SMILES string of the molecule is Cn1ccc(C(=O)N(CC(N)=O)C2CCNCC2)cc1=O. The molecule has 0 aliphatic carbocycles. The fraction of sp³-hybridized carbons (Fsp3) is 0.500. The molecule has 0 radical (unpaired) electrons. The molecule has 1 aliphatic rings. The van der Waals surface area contributed by atoms with Gasteiger partial charge in [-0.3, -0.25) is 14.4 Å². The molecule has 2 rings (SSSR count). The molecular weight excluding hydrogens is 272 g/mol. The number of aromatic nitrogens is 1. The third-order valence-corrected chi connectivity index (χ3v) is 3.69. The number of aryl methyl sites for hydroxylation is 1. The van der Waals surface area contributed by atoms with Crippen LogP contribution in [-0.2, 0) is 11.8 Å². The second kappa shape index (κ2) is 6.53. The summed E-state index contributed by atoms with van der Waals surface area (Å²) in [5.41, 5.74) is 5.29. The minimum absolute atomic E-state index is 0.0321. The molecule has 1 saturated heterocycles. The van der Waals surface area contributed by atoms with E-state index in [0.29, 0.717) is 0 Å². The third-order valence-electron chi connectivity index (χ3n) is 3.69. The molecule has 0 aromatic carbocycles. The largest absolute Gasteiger partial charge is 0.368 e. The summed E-state index contributed by atoms with van der Waals surface area (Å²) in [5.74, 6) is -0.871. The first-order valence-electron chi connectivity index (χ1n) is 6.95. The maximum atomic E-state index is 12.6. The monoisotopic (exact) mass is 292 g/mol. The number of rotatable bonds is 4. The van der Waals surface area contributed by atoms with Crippen LogP contribution >= 0.6 is 0 Å². The van der Waals surface area contributed by atoms with E-state index in [1.807, 2.05) is 0 Å². The van der Waals surface area contributed by atoms with Gasteiger partial charge < -0.3 is 20.5 Å². The molecule has 1 aliphatic heterocycles. The Morgan fingerprint density at radius 1 is 1.43 bits per heavy atom. The Morgan fingerprint density at radius 2 is 2.10 bits per heavy atom. The molecule has 0 saturated carbocycles. The topological polar surface area (TPSA) is 97.4 Å². The number of amides is 2. The number of hydrogen-bond donors (Lipinski definition) is 2. The van der Waals surface area contributed by atoms with Gasteiger partial charge in [0.05, 0.1) is 6.54 Å². The molecule has 114 valence electrons. The molecule has 21 heavy (non-hydrogen) atoms. The van der Waals surface area contributed by atoms with Crippen LogP contribution < -0.4 is 16.6 Å². The van der Waals surface area contributed by atoms with Gasteiger partial charge in [-0.25, -0.2) is 0 Å². The summed E-state index contributed by atoms with van der Waals surface area (Å²) >= 11 is 0. The van der Waals surface area contributed by atoms with Crippen molar-refractivity contribution in [2.45, 2.75) is 18.9 Å². The first-order chi connectivity index (χ1) is 9.99. The van der Waals surface area contributed by atoms with Gasteiger partial charge in [0.2, 0.25) is 5.91 Å². The molecule has 1 aromatic rings. The van der Waals surface area contributed by atoms with Gasteiger partial charge >= 0.3 is 0 Å². The molecule has 7 heteroatoms. The van der Waals surface area contributed by atoms with Crippen LogP contribution in [0.15, 0.2) is 23.1 Å². The minimum atomic E-state index is -0.550. The number of nitrogens with two attached hydrogens (primary N) is 1. The summed E-state index contributed by atoms with van der Waals surface area (Å²) in [5, 5.41) is 3.21. The quantitative estimate of drug-likeness (QED) is 0.749. The van der Waals surface area contributed by atoms with Crippen LogP contribution in [0.25, 0.3) is 0 Å². The molecule has 1 fully saturated rings. The second-order valence-corrected chi connectivity index (χ2v) is 5.25. The number of pyridine rings is 1. The van der Waals surface area contributed by atoms with Crippen LogP contribution in [0.4, 0.5) is 0 Å². The molecule has 1 aromatic heterocycles. The van der Waals surface area contributed by atoms with Crippen LogP contribution in [0, 0.1) is 0 Å². The van der Waals surface area contributed by atoms with E-state index in [4.69, 9.17) is 5.73 Å². The predicted molar refractivity (Wildman–Crippen MR) is 77.8 cm³/mol. The van der Waals surface area contributed by atoms with Crippen molar-refractivity contribution in [3.05, 3.63) is 34.2 Å². The lowest BCUT2D eigenvalue weighted by Crippen LogP contribution is -2.49. The molecule has 7 nitrogen and oxygen atoms in total. The van der Waals surface area contributed by atoms with Crippen LogP contribution in [0.5, 0.6) is 0 Å². The van der Waals surface area contributed by atoms with E-state index in [9.17, 15) is 14.4 Å². The zero-order valence-corrected chi connectivity index (χ0v) is 12.0. The highest BCUT2D eigenvalue weighted by molar-refractivity contribution is 5.96. The van der Waals surface area contributed by atoms with E-state index < -0.39 is 5.91 Å². The molecule has 3 N–H and O–H groups in total. The van der Waals surface area contributed by atoms with Crippen molar-refractivity contribution in [1.29, 1.82) is 0 Å². The zero-order valence-electron chi connectivity index (χ0n) is 12.0. The predicted octanol–water partition coefficient (Wildman–Crippen LogP) is -0.935. The highest BCUT2D eigenvalue weighted by atomic mass is 16.2. The number of nitrogens with zero attached hydrogens (tertiary/aromatic N) is 2. The Bertz CT molecular complexity index is 590. The van der Waals surface area contributed by atoms with Crippen LogP contribution in [0.3, 0.4) is 0 Å². The average molecular weight is 292 g/mol. The van der Waals surface area contributed by atoms with E-state index in [0.717, 1.165) is 25.9 Å². The normalized spacial score (nSPS) is 15.7. The molecule has 0 unspecified atom stereocenters. The van der Waals surface area contributed by atoms with Crippen LogP contribution in [0.1, 0.15) is 23.2 Å². The molecule has 0 spiro atoms.